The Balaban J connectivity index is 2.31. The van der Waals surface area contributed by atoms with E-state index in [4.69, 9.17) is 5.73 Å². The van der Waals surface area contributed by atoms with Crippen LogP contribution in [0.5, 0.6) is 0 Å². The molecule has 3 aromatic carbocycles. The van der Waals surface area contributed by atoms with E-state index in [1.807, 2.05) is 18.2 Å². The maximum atomic E-state index is 6.12. The molecule has 0 radical (unpaired) electrons. The zero-order chi connectivity index (χ0) is 13.7. The highest BCUT2D eigenvalue weighted by atomic mass is 79.9. The number of anilines is 1. The van der Waals surface area contributed by atoms with Crippen LogP contribution in [-0.4, -0.2) is 9.97 Å². The minimum Gasteiger partial charge on any atom is -0.397 e. The van der Waals surface area contributed by atoms with Crippen molar-refractivity contribution in [2.75, 3.05) is 5.73 Å². The Bertz CT molecular complexity index is 979. The summed E-state index contributed by atoms with van der Waals surface area (Å²) >= 11 is 3.51. The van der Waals surface area contributed by atoms with E-state index >= 15 is 0 Å². The first kappa shape index (κ1) is 11.6. The van der Waals surface area contributed by atoms with Crippen LogP contribution in [0.2, 0.25) is 0 Å². The number of benzene rings is 3. The van der Waals surface area contributed by atoms with Crippen molar-refractivity contribution in [1.82, 2.24) is 9.97 Å². The molecule has 4 aromatic rings. The molecule has 0 aliphatic heterocycles. The molecule has 2 N–H and O–H groups in total. The number of nitrogen functional groups attached to an aromatic ring is 1. The van der Waals surface area contributed by atoms with Crippen LogP contribution in [0, 0.1) is 0 Å². The minimum absolute atomic E-state index is 0.672. The summed E-state index contributed by atoms with van der Waals surface area (Å²) in [6.07, 6.45) is 1.52. The summed E-state index contributed by atoms with van der Waals surface area (Å²) in [5.74, 6) is 0. The summed E-state index contributed by atoms with van der Waals surface area (Å²) in [5.41, 5.74) is 7.58. The Morgan fingerprint density at radius 1 is 0.900 bits per heavy atom. The molecule has 4 heteroatoms. The van der Waals surface area contributed by atoms with Crippen LogP contribution in [0.4, 0.5) is 5.69 Å². The number of halogens is 1. The van der Waals surface area contributed by atoms with E-state index in [0.29, 0.717) is 5.69 Å². The van der Waals surface area contributed by atoms with Crippen molar-refractivity contribution in [2.45, 2.75) is 0 Å². The van der Waals surface area contributed by atoms with E-state index in [-0.39, 0.29) is 0 Å². The van der Waals surface area contributed by atoms with Crippen LogP contribution in [0.1, 0.15) is 0 Å². The molecule has 0 bridgehead atoms. The van der Waals surface area contributed by atoms with Gasteiger partial charge in [0, 0.05) is 5.39 Å². The van der Waals surface area contributed by atoms with E-state index < -0.39 is 0 Å². The Kier molecular flexibility index (Phi) is 2.41. The fraction of sp³-hybridized carbons (Fsp3) is 0. The number of aromatic nitrogens is 2. The van der Waals surface area contributed by atoms with Gasteiger partial charge in [0.25, 0.3) is 0 Å². The zero-order valence-electron chi connectivity index (χ0n) is 10.5. The van der Waals surface area contributed by atoms with Crippen molar-refractivity contribution in [2.24, 2.45) is 0 Å². The van der Waals surface area contributed by atoms with Crippen LogP contribution >= 0.6 is 15.9 Å². The number of hydrogen-bond acceptors (Lipinski definition) is 3. The van der Waals surface area contributed by atoms with E-state index in [1.165, 1.54) is 17.1 Å². The second-order valence-electron chi connectivity index (χ2n) is 4.77. The topological polar surface area (TPSA) is 51.8 Å². The summed E-state index contributed by atoms with van der Waals surface area (Å²) < 4.78 is 0.773. The molecule has 1 aromatic heterocycles. The monoisotopic (exact) mass is 323 g/mol. The summed E-state index contributed by atoms with van der Waals surface area (Å²) in [4.78, 5) is 8.53. The van der Waals surface area contributed by atoms with Crippen molar-refractivity contribution < 1.29 is 0 Å². The average Bonchev–Trinajstić information content (AvgIpc) is 2.46. The normalized spacial score (nSPS) is 11.4. The van der Waals surface area contributed by atoms with Crippen LogP contribution < -0.4 is 5.73 Å². The molecule has 0 aliphatic rings. The highest BCUT2D eigenvalue weighted by molar-refractivity contribution is 9.10. The highest BCUT2D eigenvalue weighted by Gasteiger charge is 2.10. The maximum Gasteiger partial charge on any atom is 0.118 e. The number of nitrogens with two attached hydrogens (primary N) is 1. The zero-order valence-corrected chi connectivity index (χ0v) is 12.1. The SMILES string of the molecule is Nc1cc2cc3ccccc3cc2c2c(Br)ncnc12. The largest absolute Gasteiger partial charge is 0.397 e. The summed E-state index contributed by atoms with van der Waals surface area (Å²) in [6.45, 7) is 0. The summed E-state index contributed by atoms with van der Waals surface area (Å²) in [5, 5.41) is 5.58. The van der Waals surface area contributed by atoms with Gasteiger partial charge >= 0.3 is 0 Å². The first-order chi connectivity index (χ1) is 9.74. The third kappa shape index (κ3) is 1.58. The van der Waals surface area contributed by atoms with Gasteiger partial charge in [0.1, 0.15) is 10.9 Å². The van der Waals surface area contributed by atoms with Gasteiger partial charge in [-0.05, 0) is 55.7 Å². The summed E-state index contributed by atoms with van der Waals surface area (Å²) in [7, 11) is 0. The van der Waals surface area contributed by atoms with E-state index in [2.05, 4.69) is 50.2 Å². The van der Waals surface area contributed by atoms with Gasteiger partial charge in [0.05, 0.1) is 11.2 Å². The Hall–Kier alpha value is -2.20. The molecule has 0 spiro atoms. The third-order valence-corrected chi connectivity index (χ3v) is 4.17. The highest BCUT2D eigenvalue weighted by Crippen LogP contribution is 2.34. The molecular weight excluding hydrogens is 314 g/mol. The quantitative estimate of drug-likeness (QED) is 0.227. The minimum atomic E-state index is 0.672. The lowest BCUT2D eigenvalue weighted by Gasteiger charge is -2.09. The molecular formula is C16H10BrN3. The fourth-order valence-electron chi connectivity index (χ4n) is 2.65. The predicted molar refractivity (Wildman–Crippen MR) is 86.7 cm³/mol. The van der Waals surface area contributed by atoms with Crippen LogP contribution in [0.15, 0.2) is 53.4 Å². The van der Waals surface area contributed by atoms with Gasteiger partial charge < -0.3 is 5.73 Å². The molecule has 0 fully saturated rings. The number of hydrogen-bond donors (Lipinski definition) is 1. The average molecular weight is 324 g/mol. The van der Waals surface area contributed by atoms with Crippen molar-refractivity contribution in [3.8, 4) is 0 Å². The standard InChI is InChI=1S/C16H10BrN3/c17-16-14-12-6-10-4-2-1-3-9(10)5-11(12)7-13(18)15(14)19-8-20-16/h1-8H,18H2. The maximum absolute atomic E-state index is 6.12. The second-order valence-corrected chi connectivity index (χ2v) is 5.53. The molecule has 0 saturated heterocycles. The lowest BCUT2D eigenvalue weighted by molar-refractivity contribution is 1.20. The lowest BCUT2D eigenvalue weighted by Crippen LogP contribution is -1.93. The Morgan fingerprint density at radius 2 is 1.65 bits per heavy atom. The van der Waals surface area contributed by atoms with Gasteiger partial charge in [-0.25, -0.2) is 9.97 Å². The molecule has 0 amide bonds. The van der Waals surface area contributed by atoms with Crippen molar-refractivity contribution in [1.29, 1.82) is 0 Å². The molecule has 20 heavy (non-hydrogen) atoms. The van der Waals surface area contributed by atoms with Crippen LogP contribution in [0.3, 0.4) is 0 Å². The second kappa shape index (κ2) is 4.15. The van der Waals surface area contributed by atoms with Crippen molar-refractivity contribution >= 4 is 54.1 Å². The lowest BCUT2D eigenvalue weighted by atomic mass is 10.00. The number of fused-ring (bicyclic) bond motifs is 4. The predicted octanol–water partition coefficient (Wildman–Crippen LogP) is 4.28. The first-order valence-electron chi connectivity index (χ1n) is 6.25. The Labute approximate surface area is 123 Å². The fourth-order valence-corrected chi connectivity index (χ4v) is 3.14. The van der Waals surface area contributed by atoms with Gasteiger partial charge in [-0.3, -0.25) is 0 Å². The third-order valence-electron chi connectivity index (χ3n) is 3.57. The molecule has 0 unspecified atom stereocenters. The van der Waals surface area contributed by atoms with Gasteiger partial charge in [-0.1, -0.05) is 24.3 Å². The number of rotatable bonds is 0. The molecule has 4 rings (SSSR count). The Morgan fingerprint density at radius 3 is 2.45 bits per heavy atom. The molecule has 0 atom stereocenters. The number of nitrogens with zero attached hydrogens (tertiary/aromatic N) is 2. The van der Waals surface area contributed by atoms with Crippen LogP contribution in [0.25, 0.3) is 32.4 Å². The van der Waals surface area contributed by atoms with Gasteiger partial charge in [-0.15, -0.1) is 0 Å². The van der Waals surface area contributed by atoms with Gasteiger partial charge in [0.2, 0.25) is 0 Å². The van der Waals surface area contributed by atoms with Gasteiger partial charge in [-0.2, -0.15) is 0 Å². The first-order valence-corrected chi connectivity index (χ1v) is 7.04. The molecule has 1 heterocycles. The van der Waals surface area contributed by atoms with E-state index in [0.717, 1.165) is 26.3 Å². The summed E-state index contributed by atoms with van der Waals surface area (Å²) in [6, 6.07) is 14.6. The van der Waals surface area contributed by atoms with Gasteiger partial charge in [0.15, 0.2) is 0 Å². The smallest absolute Gasteiger partial charge is 0.118 e. The molecule has 3 nitrogen and oxygen atoms in total. The van der Waals surface area contributed by atoms with E-state index in [1.54, 1.807) is 0 Å². The molecule has 96 valence electrons. The van der Waals surface area contributed by atoms with Crippen molar-refractivity contribution in [3.05, 3.63) is 53.4 Å². The molecule has 0 aliphatic carbocycles. The van der Waals surface area contributed by atoms with Crippen LogP contribution in [-0.2, 0) is 0 Å². The molecule has 0 saturated carbocycles. The van der Waals surface area contributed by atoms with Crippen molar-refractivity contribution in [3.63, 3.8) is 0 Å². The van der Waals surface area contributed by atoms with E-state index in [9.17, 15) is 0 Å².